The van der Waals surface area contributed by atoms with Gasteiger partial charge in [0.2, 0.25) is 0 Å². The first-order chi connectivity index (χ1) is 14.5. The molecule has 4 aromatic rings. The van der Waals surface area contributed by atoms with Crippen LogP contribution in [0.1, 0.15) is 17.3 Å². The number of benzene rings is 3. The second-order valence-corrected chi connectivity index (χ2v) is 8.34. The molecular formula is C23H17ClFN3OS. The number of ketones is 1. The summed E-state index contributed by atoms with van der Waals surface area (Å²) in [4.78, 5) is 12.9. The molecule has 1 unspecified atom stereocenters. The van der Waals surface area contributed by atoms with E-state index in [-0.39, 0.29) is 11.6 Å². The molecule has 3 aromatic carbocycles. The molecule has 0 saturated carbocycles. The van der Waals surface area contributed by atoms with E-state index < -0.39 is 5.25 Å². The molecule has 0 radical (unpaired) electrons. The van der Waals surface area contributed by atoms with Gasteiger partial charge in [0.1, 0.15) is 5.82 Å². The second-order valence-electron chi connectivity index (χ2n) is 6.59. The minimum absolute atomic E-state index is 0.0717. The van der Waals surface area contributed by atoms with Gasteiger partial charge in [0.05, 0.1) is 10.8 Å². The number of halogens is 2. The third-order valence-electron chi connectivity index (χ3n) is 4.52. The Morgan fingerprint density at radius 1 is 1.00 bits per heavy atom. The van der Waals surface area contributed by atoms with Gasteiger partial charge in [-0.3, -0.25) is 9.36 Å². The molecule has 4 nitrogen and oxygen atoms in total. The van der Waals surface area contributed by atoms with E-state index >= 15 is 0 Å². The second kappa shape index (κ2) is 8.81. The number of hydrogen-bond donors (Lipinski definition) is 0. The van der Waals surface area contributed by atoms with E-state index in [1.54, 1.807) is 54.0 Å². The minimum Gasteiger partial charge on any atom is -0.293 e. The minimum atomic E-state index is -0.441. The Hall–Kier alpha value is -2.96. The third-order valence-corrected chi connectivity index (χ3v) is 5.80. The molecule has 150 valence electrons. The van der Waals surface area contributed by atoms with Crippen LogP contribution in [0.15, 0.2) is 84.0 Å². The first kappa shape index (κ1) is 20.3. The molecule has 0 aliphatic carbocycles. The molecule has 30 heavy (non-hydrogen) atoms. The summed E-state index contributed by atoms with van der Waals surface area (Å²) in [6.07, 6.45) is 0. The molecule has 0 aliphatic heterocycles. The number of Topliss-reactive ketones (excluding diaryl/α,β-unsaturated/α-hetero) is 1. The zero-order chi connectivity index (χ0) is 21.1. The summed E-state index contributed by atoms with van der Waals surface area (Å²) in [5.74, 6) is -0.0801. The van der Waals surface area contributed by atoms with Gasteiger partial charge >= 0.3 is 0 Å². The average molecular weight is 438 g/mol. The lowest BCUT2D eigenvalue weighted by atomic mass is 10.1. The highest BCUT2D eigenvalue weighted by atomic mass is 35.5. The summed E-state index contributed by atoms with van der Waals surface area (Å²) in [7, 11) is 0. The van der Waals surface area contributed by atoms with Crippen molar-refractivity contribution in [2.45, 2.75) is 17.3 Å². The van der Waals surface area contributed by atoms with Gasteiger partial charge in [-0.25, -0.2) is 4.39 Å². The smallest absolute Gasteiger partial charge is 0.196 e. The van der Waals surface area contributed by atoms with Gasteiger partial charge in [0, 0.05) is 16.3 Å². The maximum atomic E-state index is 14.5. The molecule has 4 rings (SSSR count). The molecule has 1 atom stereocenters. The van der Waals surface area contributed by atoms with Crippen LogP contribution in [0.2, 0.25) is 5.02 Å². The van der Waals surface area contributed by atoms with Gasteiger partial charge in [-0.1, -0.05) is 65.8 Å². The van der Waals surface area contributed by atoms with Gasteiger partial charge in [-0.15, -0.1) is 10.2 Å². The first-order valence-corrected chi connectivity index (χ1v) is 10.5. The van der Waals surface area contributed by atoms with Crippen molar-refractivity contribution in [3.05, 3.63) is 95.3 Å². The number of rotatable bonds is 6. The van der Waals surface area contributed by atoms with E-state index in [0.29, 0.717) is 27.1 Å². The van der Waals surface area contributed by atoms with Crippen molar-refractivity contribution in [1.82, 2.24) is 14.8 Å². The van der Waals surface area contributed by atoms with Crippen LogP contribution in [-0.2, 0) is 0 Å². The van der Waals surface area contributed by atoms with Crippen molar-refractivity contribution in [2.24, 2.45) is 0 Å². The topological polar surface area (TPSA) is 47.8 Å². The molecule has 0 bridgehead atoms. The third kappa shape index (κ3) is 4.15. The summed E-state index contributed by atoms with van der Waals surface area (Å²) in [5.41, 5.74) is 1.66. The molecule has 1 heterocycles. The summed E-state index contributed by atoms with van der Waals surface area (Å²) in [6.45, 7) is 1.81. The quantitative estimate of drug-likeness (QED) is 0.270. The highest BCUT2D eigenvalue weighted by molar-refractivity contribution is 8.00. The van der Waals surface area contributed by atoms with E-state index in [1.807, 2.05) is 30.3 Å². The largest absolute Gasteiger partial charge is 0.293 e. The van der Waals surface area contributed by atoms with Crippen molar-refractivity contribution in [3.8, 4) is 17.1 Å². The number of aromatic nitrogens is 3. The van der Waals surface area contributed by atoms with E-state index in [9.17, 15) is 9.18 Å². The summed E-state index contributed by atoms with van der Waals surface area (Å²) < 4.78 is 16.2. The van der Waals surface area contributed by atoms with Crippen LogP contribution in [0.25, 0.3) is 17.1 Å². The Balaban J connectivity index is 1.73. The summed E-state index contributed by atoms with van der Waals surface area (Å²) >= 11 is 7.29. The lowest BCUT2D eigenvalue weighted by Crippen LogP contribution is -2.14. The monoisotopic (exact) mass is 437 g/mol. The fourth-order valence-corrected chi connectivity index (χ4v) is 4.20. The van der Waals surface area contributed by atoms with Crippen molar-refractivity contribution in [1.29, 1.82) is 0 Å². The van der Waals surface area contributed by atoms with Gasteiger partial charge in [0.25, 0.3) is 0 Å². The Labute approximate surface area is 182 Å². The molecule has 0 amide bonds. The number of carbonyl (C=O) groups is 1. The van der Waals surface area contributed by atoms with Crippen LogP contribution in [0.4, 0.5) is 4.39 Å². The fraction of sp³-hybridized carbons (Fsp3) is 0.0870. The van der Waals surface area contributed by atoms with Crippen LogP contribution in [0.5, 0.6) is 0 Å². The summed E-state index contributed by atoms with van der Waals surface area (Å²) in [6, 6.07) is 22.7. The predicted octanol–water partition coefficient (Wildman–Crippen LogP) is 6.09. The Morgan fingerprint density at radius 3 is 2.47 bits per heavy atom. The number of para-hydroxylation sites is 1. The van der Waals surface area contributed by atoms with Crippen molar-refractivity contribution < 1.29 is 9.18 Å². The fourth-order valence-electron chi connectivity index (χ4n) is 3.06. The zero-order valence-electron chi connectivity index (χ0n) is 16.0. The molecule has 0 saturated heterocycles. The van der Waals surface area contributed by atoms with E-state index in [1.165, 1.54) is 17.8 Å². The van der Waals surface area contributed by atoms with Crippen LogP contribution in [0, 0.1) is 5.82 Å². The predicted molar refractivity (Wildman–Crippen MR) is 118 cm³/mol. The van der Waals surface area contributed by atoms with E-state index in [0.717, 1.165) is 5.69 Å². The maximum absolute atomic E-state index is 14.5. The van der Waals surface area contributed by atoms with Gasteiger partial charge in [0.15, 0.2) is 16.8 Å². The van der Waals surface area contributed by atoms with Crippen molar-refractivity contribution in [2.75, 3.05) is 0 Å². The molecule has 0 fully saturated rings. The van der Waals surface area contributed by atoms with Crippen LogP contribution < -0.4 is 0 Å². The number of thioether (sulfide) groups is 1. The lowest BCUT2D eigenvalue weighted by Gasteiger charge is -2.13. The van der Waals surface area contributed by atoms with E-state index in [2.05, 4.69) is 10.2 Å². The Morgan fingerprint density at radius 2 is 1.73 bits per heavy atom. The summed E-state index contributed by atoms with van der Waals surface area (Å²) in [5, 5.41) is 9.09. The van der Waals surface area contributed by atoms with Crippen LogP contribution in [-0.4, -0.2) is 25.8 Å². The highest BCUT2D eigenvalue weighted by Gasteiger charge is 2.23. The molecule has 0 aliphatic rings. The number of nitrogens with zero attached hydrogens (tertiary/aromatic N) is 3. The first-order valence-electron chi connectivity index (χ1n) is 9.27. The van der Waals surface area contributed by atoms with Gasteiger partial charge in [-0.05, 0) is 43.3 Å². The van der Waals surface area contributed by atoms with Crippen LogP contribution in [0.3, 0.4) is 0 Å². The average Bonchev–Trinajstić information content (AvgIpc) is 3.17. The standard InChI is InChI=1S/C23H17ClFN3OS/c1-15(21(29)16-8-7-9-17(24)14-16)30-23-27-26-22(19-12-5-6-13-20(19)25)28(23)18-10-3-2-4-11-18/h2-15H,1H3. The number of carbonyl (C=O) groups excluding carboxylic acids is 1. The lowest BCUT2D eigenvalue weighted by molar-refractivity contribution is 0.0994. The normalized spacial score (nSPS) is 12.0. The zero-order valence-corrected chi connectivity index (χ0v) is 17.6. The molecule has 0 spiro atoms. The SMILES string of the molecule is CC(Sc1nnc(-c2ccccc2F)n1-c1ccccc1)C(=O)c1cccc(Cl)c1. The number of hydrogen-bond acceptors (Lipinski definition) is 4. The van der Waals surface area contributed by atoms with Crippen molar-refractivity contribution >= 4 is 29.1 Å². The Bertz CT molecular complexity index is 1200. The van der Waals surface area contributed by atoms with Crippen LogP contribution >= 0.6 is 23.4 Å². The highest BCUT2D eigenvalue weighted by Crippen LogP contribution is 2.32. The molecule has 1 aromatic heterocycles. The van der Waals surface area contributed by atoms with Gasteiger partial charge < -0.3 is 0 Å². The maximum Gasteiger partial charge on any atom is 0.196 e. The van der Waals surface area contributed by atoms with Crippen molar-refractivity contribution in [3.63, 3.8) is 0 Å². The Kier molecular flexibility index (Phi) is 5.97. The van der Waals surface area contributed by atoms with Gasteiger partial charge in [-0.2, -0.15) is 0 Å². The molecule has 7 heteroatoms. The van der Waals surface area contributed by atoms with E-state index in [4.69, 9.17) is 11.6 Å². The molecular weight excluding hydrogens is 421 g/mol. The molecule has 0 N–H and O–H groups in total.